The minimum absolute atomic E-state index is 0.172. The van der Waals surface area contributed by atoms with Gasteiger partial charge in [0.05, 0.1) is 0 Å². The quantitative estimate of drug-likeness (QED) is 0.679. The number of benzene rings is 1. The Bertz CT molecular complexity index is 947. The summed E-state index contributed by atoms with van der Waals surface area (Å²) in [7, 11) is 0. The first-order valence-corrected chi connectivity index (χ1v) is 8.02. The van der Waals surface area contributed by atoms with Gasteiger partial charge in [-0.3, -0.25) is 10.3 Å². The zero-order chi connectivity index (χ0) is 16.7. The van der Waals surface area contributed by atoms with E-state index in [1.165, 1.54) is 0 Å². The van der Waals surface area contributed by atoms with Crippen molar-refractivity contribution in [3.8, 4) is 5.75 Å². The average Bonchev–Trinajstić information content (AvgIpc) is 3.08. The molecule has 0 spiro atoms. The van der Waals surface area contributed by atoms with Crippen molar-refractivity contribution in [3.05, 3.63) is 45.1 Å². The highest BCUT2D eigenvalue weighted by Gasteiger charge is 2.23. The van der Waals surface area contributed by atoms with Crippen molar-refractivity contribution in [2.75, 3.05) is 0 Å². The van der Waals surface area contributed by atoms with Crippen LogP contribution in [0.4, 0.5) is 0 Å². The van der Waals surface area contributed by atoms with E-state index < -0.39 is 0 Å². The number of aromatic nitrogens is 4. The summed E-state index contributed by atoms with van der Waals surface area (Å²) in [6.45, 7) is 4.28. The molecule has 0 saturated heterocycles. The molecule has 1 aliphatic rings. The van der Waals surface area contributed by atoms with Crippen molar-refractivity contribution in [2.24, 2.45) is 5.92 Å². The largest absolute Gasteiger partial charge is 0.488 e. The van der Waals surface area contributed by atoms with Crippen LogP contribution < -0.4 is 15.5 Å². The second kappa shape index (κ2) is 5.74. The number of hydrogen-bond acceptors (Lipinski definition) is 6. The lowest BCUT2D eigenvalue weighted by Gasteiger charge is -2.22. The first-order chi connectivity index (χ1) is 11.6. The fraction of sp³-hybridized carbons (Fsp3) is 0.412. The van der Waals surface area contributed by atoms with Gasteiger partial charge in [-0.2, -0.15) is 5.21 Å². The van der Waals surface area contributed by atoms with E-state index in [2.05, 4.69) is 27.5 Å². The minimum atomic E-state index is -0.225. The fourth-order valence-electron chi connectivity index (χ4n) is 3.33. The predicted octanol–water partition coefficient (Wildman–Crippen LogP) is 1.95. The molecule has 2 aromatic heterocycles. The van der Waals surface area contributed by atoms with E-state index in [-0.39, 0.29) is 12.2 Å². The number of nitrogens with zero attached hydrogens (tertiary/aromatic N) is 4. The van der Waals surface area contributed by atoms with Crippen molar-refractivity contribution in [2.45, 2.75) is 39.7 Å². The summed E-state index contributed by atoms with van der Waals surface area (Å²) in [5.41, 5.74) is 3.14. The lowest BCUT2D eigenvalue weighted by molar-refractivity contribution is 0.293. The zero-order valence-corrected chi connectivity index (χ0v) is 13.6. The van der Waals surface area contributed by atoms with E-state index in [1.807, 2.05) is 19.1 Å². The molecule has 0 aliphatic heterocycles. The first kappa shape index (κ1) is 14.9. The lowest BCUT2D eigenvalue weighted by Crippen LogP contribution is -2.20. The molecule has 1 atom stereocenters. The van der Waals surface area contributed by atoms with Gasteiger partial charge in [-0.1, -0.05) is 6.92 Å². The Morgan fingerprint density at radius 2 is 2.25 bits per heavy atom. The molecule has 7 heteroatoms. The number of tetrazole rings is 1. The Morgan fingerprint density at radius 1 is 1.38 bits per heavy atom. The summed E-state index contributed by atoms with van der Waals surface area (Å²) in [5.74, 6) is 1.63. The van der Waals surface area contributed by atoms with Crippen LogP contribution in [0.15, 0.2) is 21.3 Å². The van der Waals surface area contributed by atoms with E-state index in [9.17, 15) is 4.79 Å². The van der Waals surface area contributed by atoms with Gasteiger partial charge in [0.15, 0.2) is 0 Å². The van der Waals surface area contributed by atoms with Gasteiger partial charge in [-0.05, 0) is 49.8 Å². The van der Waals surface area contributed by atoms with Gasteiger partial charge < -0.3 is 14.3 Å². The summed E-state index contributed by atoms with van der Waals surface area (Å²) in [4.78, 5) is 12.3. The SMILES string of the molecule is Cc1c(OCc2nnn[n-]2)ccc2c3c(c(=O)oc12)CC[C@H](C)C3. The molecule has 0 unspecified atom stereocenters. The van der Waals surface area contributed by atoms with Crippen LogP contribution in [0.1, 0.15) is 35.9 Å². The summed E-state index contributed by atoms with van der Waals surface area (Å²) in [6.07, 6.45) is 2.74. The minimum Gasteiger partial charge on any atom is -0.488 e. The Kier molecular flexibility index (Phi) is 3.55. The third-order valence-corrected chi connectivity index (χ3v) is 4.64. The normalized spacial score (nSPS) is 17.0. The van der Waals surface area contributed by atoms with Crippen LogP contribution in [0.2, 0.25) is 0 Å². The molecule has 3 aromatic rings. The molecule has 0 bridgehead atoms. The van der Waals surface area contributed by atoms with Gasteiger partial charge in [0.1, 0.15) is 17.9 Å². The molecule has 1 aromatic carbocycles. The maximum absolute atomic E-state index is 12.3. The van der Waals surface area contributed by atoms with E-state index in [0.717, 1.165) is 41.3 Å². The maximum atomic E-state index is 12.3. The standard InChI is InChI=1S/C17H17N4O3/c1-9-3-4-12-13(7-9)11-5-6-14(10(2)16(11)24-17(12)22)23-8-15-18-20-21-19-15/h5-6,9H,3-4,7-8H2,1-2H3/q-1/t9-/m0/s1. The number of rotatable bonds is 3. The molecular weight excluding hydrogens is 308 g/mol. The number of fused-ring (bicyclic) bond motifs is 3. The Balaban J connectivity index is 1.77. The third-order valence-electron chi connectivity index (χ3n) is 4.64. The molecule has 4 rings (SSSR count). The second-order valence-corrected chi connectivity index (χ2v) is 6.34. The smallest absolute Gasteiger partial charge is 0.339 e. The number of ether oxygens (including phenoxy) is 1. The lowest BCUT2D eigenvalue weighted by atomic mass is 9.84. The highest BCUT2D eigenvalue weighted by atomic mass is 16.5. The zero-order valence-electron chi connectivity index (χ0n) is 13.6. The van der Waals surface area contributed by atoms with E-state index >= 15 is 0 Å². The number of hydrogen-bond donors (Lipinski definition) is 0. The van der Waals surface area contributed by atoms with Crippen LogP contribution >= 0.6 is 0 Å². The molecule has 0 fully saturated rings. The Morgan fingerprint density at radius 3 is 3.04 bits per heavy atom. The molecule has 24 heavy (non-hydrogen) atoms. The summed E-state index contributed by atoms with van der Waals surface area (Å²) >= 11 is 0. The first-order valence-electron chi connectivity index (χ1n) is 8.02. The van der Waals surface area contributed by atoms with E-state index in [0.29, 0.717) is 23.1 Å². The van der Waals surface area contributed by atoms with Crippen LogP contribution in [0.5, 0.6) is 5.75 Å². The van der Waals surface area contributed by atoms with Gasteiger partial charge in [0, 0.05) is 22.3 Å². The molecular formula is C17H17N4O3-. The van der Waals surface area contributed by atoms with Crippen molar-refractivity contribution in [3.63, 3.8) is 0 Å². The van der Waals surface area contributed by atoms with Gasteiger partial charge in [0.2, 0.25) is 0 Å². The van der Waals surface area contributed by atoms with Gasteiger partial charge >= 0.3 is 5.63 Å². The number of aryl methyl sites for hydroxylation is 1. The highest BCUT2D eigenvalue weighted by Crippen LogP contribution is 2.34. The van der Waals surface area contributed by atoms with Crippen LogP contribution in [-0.2, 0) is 19.4 Å². The molecule has 0 N–H and O–H groups in total. The summed E-state index contributed by atoms with van der Waals surface area (Å²) in [5, 5.41) is 15.3. The molecule has 2 heterocycles. The average molecular weight is 325 g/mol. The van der Waals surface area contributed by atoms with Crippen LogP contribution in [0, 0.1) is 12.8 Å². The third kappa shape index (κ3) is 2.46. The molecule has 1 aliphatic carbocycles. The second-order valence-electron chi connectivity index (χ2n) is 6.34. The molecule has 0 amide bonds. The van der Waals surface area contributed by atoms with Crippen molar-refractivity contribution < 1.29 is 9.15 Å². The monoisotopic (exact) mass is 325 g/mol. The fourth-order valence-corrected chi connectivity index (χ4v) is 3.33. The van der Waals surface area contributed by atoms with Gasteiger partial charge in [-0.15, -0.1) is 0 Å². The molecule has 0 saturated carbocycles. The molecule has 124 valence electrons. The van der Waals surface area contributed by atoms with Crippen molar-refractivity contribution in [1.29, 1.82) is 0 Å². The predicted molar refractivity (Wildman–Crippen MR) is 85.9 cm³/mol. The molecule has 7 nitrogen and oxygen atoms in total. The van der Waals surface area contributed by atoms with Gasteiger partial charge in [0.25, 0.3) is 0 Å². The van der Waals surface area contributed by atoms with Crippen molar-refractivity contribution >= 4 is 11.0 Å². The van der Waals surface area contributed by atoms with Crippen LogP contribution in [0.25, 0.3) is 11.0 Å². The summed E-state index contributed by atoms with van der Waals surface area (Å²) in [6, 6.07) is 3.88. The molecule has 0 radical (unpaired) electrons. The Hall–Kier alpha value is -2.70. The maximum Gasteiger partial charge on any atom is 0.339 e. The van der Waals surface area contributed by atoms with Crippen LogP contribution in [-0.4, -0.2) is 15.5 Å². The Labute approximate surface area is 138 Å². The van der Waals surface area contributed by atoms with Gasteiger partial charge in [-0.25, -0.2) is 4.79 Å². The van der Waals surface area contributed by atoms with E-state index in [4.69, 9.17) is 9.15 Å². The van der Waals surface area contributed by atoms with Crippen LogP contribution in [0.3, 0.4) is 0 Å². The summed E-state index contributed by atoms with van der Waals surface area (Å²) < 4.78 is 11.3. The van der Waals surface area contributed by atoms with E-state index in [1.54, 1.807) is 0 Å². The van der Waals surface area contributed by atoms with Crippen molar-refractivity contribution in [1.82, 2.24) is 20.6 Å². The topological polar surface area (TPSA) is 92.2 Å². The highest BCUT2D eigenvalue weighted by molar-refractivity contribution is 5.86.